The van der Waals surface area contributed by atoms with Crippen LogP contribution in [0.4, 0.5) is 11.4 Å². The van der Waals surface area contributed by atoms with Crippen LogP contribution in [0.5, 0.6) is 0 Å². The second-order valence-electron chi connectivity index (χ2n) is 19.6. The molecule has 0 aromatic heterocycles. The van der Waals surface area contributed by atoms with Crippen LogP contribution in [0.3, 0.4) is 0 Å². The van der Waals surface area contributed by atoms with E-state index in [0.717, 1.165) is 30.6 Å². The molecule has 2 aliphatic rings. The predicted molar refractivity (Wildman–Crippen MR) is 292 cm³/mol. The number of rotatable bonds is 11. The molecule has 0 amide bonds. The van der Waals surface area contributed by atoms with Crippen LogP contribution in [0.2, 0.25) is 0 Å². The van der Waals surface area contributed by atoms with Crippen LogP contribution in [0.1, 0.15) is 56.3 Å². The fourth-order valence-electron chi connectivity index (χ4n) is 11.5. The predicted octanol–water partition coefficient (Wildman–Crippen LogP) is 17.6. The Hall–Kier alpha value is -7.52. The third kappa shape index (κ3) is 8.31. The maximum Gasteiger partial charge on any atom is 0.0517 e. The molecule has 3 atom stereocenters. The Morgan fingerprint density at radius 3 is 2.10 bits per heavy atom. The molecule has 0 spiro atoms. The Balaban J connectivity index is 0.947. The zero-order valence-electron chi connectivity index (χ0n) is 39.3. The first-order chi connectivity index (χ1) is 33.3. The lowest BCUT2D eigenvalue weighted by Crippen LogP contribution is -2.37. The van der Waals surface area contributed by atoms with Gasteiger partial charge >= 0.3 is 0 Å². The SMILES string of the molecule is CC1C=CC=C(C(N)c2cccc(C3=CCCC=C3)c2)C1C(C)(C)Cc1ccc(Nc2ccc3cc(-c4cccc(-c5ccccc5)c4)ccc3c2-c2cccc3ccccc23)c2ccccc12. The fourth-order valence-corrected chi connectivity index (χ4v) is 11.5. The zero-order chi connectivity index (χ0) is 46.2. The van der Waals surface area contributed by atoms with Crippen molar-refractivity contribution in [1.29, 1.82) is 0 Å². The van der Waals surface area contributed by atoms with Crippen LogP contribution in [-0.4, -0.2) is 0 Å². The normalized spacial score (nSPS) is 16.5. The van der Waals surface area contributed by atoms with E-state index in [-0.39, 0.29) is 17.4 Å². The highest BCUT2D eigenvalue weighted by molar-refractivity contribution is 6.12. The largest absolute Gasteiger partial charge is 0.354 e. The number of benzene rings is 9. The van der Waals surface area contributed by atoms with Gasteiger partial charge in [-0.05, 0) is 149 Å². The molecule has 0 heterocycles. The van der Waals surface area contributed by atoms with Crippen LogP contribution in [-0.2, 0) is 6.42 Å². The van der Waals surface area contributed by atoms with Gasteiger partial charge in [-0.1, -0.05) is 215 Å². The summed E-state index contributed by atoms with van der Waals surface area (Å²) < 4.78 is 0. The molecule has 68 heavy (non-hydrogen) atoms. The van der Waals surface area contributed by atoms with E-state index >= 15 is 0 Å². The van der Waals surface area contributed by atoms with Gasteiger partial charge in [-0.3, -0.25) is 0 Å². The molecule has 0 aliphatic heterocycles. The van der Waals surface area contributed by atoms with E-state index in [9.17, 15) is 0 Å². The quantitative estimate of drug-likeness (QED) is 0.136. The van der Waals surface area contributed by atoms with Crippen molar-refractivity contribution in [2.45, 2.75) is 46.1 Å². The number of hydrogen-bond acceptors (Lipinski definition) is 2. The molecule has 332 valence electrons. The Morgan fingerprint density at radius 1 is 0.574 bits per heavy atom. The summed E-state index contributed by atoms with van der Waals surface area (Å²) in [5, 5.41) is 11.4. The van der Waals surface area contributed by atoms with Gasteiger partial charge in [-0.2, -0.15) is 0 Å². The van der Waals surface area contributed by atoms with E-state index in [2.05, 4.69) is 251 Å². The van der Waals surface area contributed by atoms with Crippen molar-refractivity contribution < 1.29 is 0 Å². The summed E-state index contributed by atoms with van der Waals surface area (Å²) in [5.74, 6) is 0.594. The molecular weight excluding hydrogens is 821 g/mol. The van der Waals surface area contributed by atoms with Crippen molar-refractivity contribution in [1.82, 2.24) is 0 Å². The van der Waals surface area contributed by atoms with Crippen molar-refractivity contribution >= 4 is 49.3 Å². The minimum atomic E-state index is -0.196. The highest BCUT2D eigenvalue weighted by Crippen LogP contribution is 2.48. The highest BCUT2D eigenvalue weighted by atomic mass is 14.9. The molecule has 9 aromatic rings. The summed E-state index contributed by atoms with van der Waals surface area (Å²) in [5.41, 5.74) is 23.0. The van der Waals surface area contributed by atoms with Gasteiger partial charge < -0.3 is 11.1 Å². The highest BCUT2D eigenvalue weighted by Gasteiger charge is 2.39. The molecular formula is C66H58N2. The zero-order valence-corrected chi connectivity index (χ0v) is 39.3. The van der Waals surface area contributed by atoms with E-state index in [0.29, 0.717) is 5.92 Å². The summed E-state index contributed by atoms with van der Waals surface area (Å²) in [7, 11) is 0. The number of nitrogens with one attached hydrogen (secondary N) is 1. The molecule has 0 fully saturated rings. The van der Waals surface area contributed by atoms with Gasteiger partial charge in [0.1, 0.15) is 0 Å². The van der Waals surface area contributed by atoms with Gasteiger partial charge in [-0.25, -0.2) is 0 Å². The molecule has 3 unspecified atom stereocenters. The second kappa shape index (κ2) is 18.3. The fraction of sp³-hybridized carbons (Fsp3) is 0.152. The molecule has 3 N–H and O–H groups in total. The Labute approximate surface area is 401 Å². The summed E-state index contributed by atoms with van der Waals surface area (Å²) >= 11 is 0. The second-order valence-corrected chi connectivity index (χ2v) is 19.6. The van der Waals surface area contributed by atoms with Crippen LogP contribution in [0.15, 0.2) is 230 Å². The maximum atomic E-state index is 7.33. The molecule has 0 radical (unpaired) electrons. The Morgan fingerprint density at radius 2 is 1.26 bits per heavy atom. The topological polar surface area (TPSA) is 38.0 Å². The third-order valence-electron chi connectivity index (χ3n) is 14.7. The van der Waals surface area contributed by atoms with Crippen LogP contribution < -0.4 is 11.1 Å². The van der Waals surface area contributed by atoms with Crippen LogP contribution in [0, 0.1) is 17.3 Å². The van der Waals surface area contributed by atoms with E-state index in [4.69, 9.17) is 5.73 Å². The van der Waals surface area contributed by atoms with Gasteiger partial charge in [0.15, 0.2) is 0 Å². The van der Waals surface area contributed by atoms with Gasteiger partial charge in [0, 0.05) is 22.3 Å². The minimum absolute atomic E-state index is 0.0980. The number of nitrogens with two attached hydrogens (primary N) is 1. The number of hydrogen-bond donors (Lipinski definition) is 2. The minimum Gasteiger partial charge on any atom is -0.354 e. The molecule has 2 heteroatoms. The molecule has 11 rings (SSSR count). The van der Waals surface area contributed by atoms with Crippen LogP contribution >= 0.6 is 0 Å². The lowest BCUT2D eigenvalue weighted by Gasteiger charge is -2.43. The van der Waals surface area contributed by atoms with E-state index in [1.807, 2.05) is 0 Å². The Bertz CT molecular complexity index is 3470. The van der Waals surface area contributed by atoms with E-state index in [1.54, 1.807) is 0 Å². The van der Waals surface area contributed by atoms with Crippen LogP contribution in [0.25, 0.3) is 71.3 Å². The maximum absolute atomic E-state index is 7.33. The molecule has 2 nitrogen and oxygen atoms in total. The first-order valence-corrected chi connectivity index (χ1v) is 24.4. The van der Waals surface area contributed by atoms with Crippen molar-refractivity contribution in [3.8, 4) is 33.4 Å². The average molecular weight is 879 g/mol. The first kappa shape index (κ1) is 43.1. The molecule has 0 bridgehead atoms. The average Bonchev–Trinajstić information content (AvgIpc) is 3.39. The first-order valence-electron chi connectivity index (χ1n) is 24.4. The third-order valence-corrected chi connectivity index (χ3v) is 14.7. The molecule has 9 aromatic carbocycles. The van der Waals surface area contributed by atoms with Crippen molar-refractivity contribution in [2.24, 2.45) is 23.0 Å². The lowest BCUT2D eigenvalue weighted by molar-refractivity contribution is 0.195. The summed E-state index contributed by atoms with van der Waals surface area (Å²) in [6, 6.07) is 68.8. The number of anilines is 2. The van der Waals surface area contributed by atoms with Gasteiger partial charge in [-0.15, -0.1) is 0 Å². The van der Waals surface area contributed by atoms with Gasteiger partial charge in [0.05, 0.1) is 6.04 Å². The standard InChI is InChI=1S/C66H58N2/c1-44-18-14-33-60(65(67)53-28-16-26-49(42-53)46-21-8-5-9-22-46)64(44)66(2,3)43-54-36-38-61(58-31-13-12-30-56(54)58)68-62-39-35-52-41-51(50-27-15-25-48(40-50)45-19-6-4-7-20-45)34-37-57(52)63(62)59-32-17-24-47-23-10-11-29-55(47)59/h4,6-8,10-42,44,64-65,68H,5,9,43,67H2,1-3H3. The molecule has 0 saturated carbocycles. The summed E-state index contributed by atoms with van der Waals surface area (Å²) in [6.45, 7) is 7.25. The number of allylic oxidation sites excluding steroid dienone is 7. The lowest BCUT2D eigenvalue weighted by atomic mass is 9.62. The molecule has 0 saturated heterocycles. The summed E-state index contributed by atoms with van der Waals surface area (Å²) in [4.78, 5) is 0. The monoisotopic (exact) mass is 878 g/mol. The van der Waals surface area contributed by atoms with E-state index in [1.165, 1.54) is 93.5 Å². The van der Waals surface area contributed by atoms with E-state index < -0.39 is 0 Å². The van der Waals surface area contributed by atoms with Crippen molar-refractivity contribution in [3.05, 3.63) is 247 Å². The number of fused-ring (bicyclic) bond motifs is 3. The van der Waals surface area contributed by atoms with Gasteiger partial charge in [0.25, 0.3) is 0 Å². The van der Waals surface area contributed by atoms with Gasteiger partial charge in [0.2, 0.25) is 0 Å². The smallest absolute Gasteiger partial charge is 0.0517 e. The van der Waals surface area contributed by atoms with Crippen molar-refractivity contribution in [2.75, 3.05) is 5.32 Å². The Kier molecular flexibility index (Phi) is 11.6. The summed E-state index contributed by atoms with van der Waals surface area (Å²) in [6.07, 6.45) is 16.9. The van der Waals surface area contributed by atoms with Crippen molar-refractivity contribution in [3.63, 3.8) is 0 Å². The molecule has 2 aliphatic carbocycles.